The molecule has 1 aliphatic heterocycles. The first-order valence-corrected chi connectivity index (χ1v) is 5.27. The molecule has 0 amide bonds. The van der Waals surface area contributed by atoms with Crippen LogP contribution in [0.5, 0.6) is 0 Å². The zero-order chi connectivity index (χ0) is 10.1. The second kappa shape index (κ2) is 3.95. The topological polar surface area (TPSA) is 12.0 Å². The molecular formula is C10H10BrF2N. The van der Waals surface area contributed by atoms with E-state index in [0.717, 1.165) is 22.0 Å². The van der Waals surface area contributed by atoms with Gasteiger partial charge in [-0.3, -0.25) is 0 Å². The Morgan fingerprint density at radius 2 is 2.21 bits per heavy atom. The summed E-state index contributed by atoms with van der Waals surface area (Å²) in [5, 5.41) is 2.83. The third kappa shape index (κ3) is 1.81. The van der Waals surface area contributed by atoms with E-state index in [1.54, 1.807) is 6.07 Å². The second-order valence-electron chi connectivity index (χ2n) is 3.36. The molecule has 1 unspecified atom stereocenters. The van der Waals surface area contributed by atoms with Gasteiger partial charge in [0.15, 0.2) is 0 Å². The van der Waals surface area contributed by atoms with Gasteiger partial charge in [0.2, 0.25) is 0 Å². The quantitative estimate of drug-likeness (QED) is 0.820. The predicted octanol–water partition coefficient (Wildman–Crippen LogP) is 2.90. The second-order valence-corrected chi connectivity index (χ2v) is 4.28. The summed E-state index contributed by atoms with van der Waals surface area (Å²) >= 11 is 3.29. The summed E-state index contributed by atoms with van der Waals surface area (Å²) in [6, 6.07) is 4.77. The number of alkyl halides is 2. The summed E-state index contributed by atoms with van der Waals surface area (Å²) in [5.41, 5.74) is 1.75. The van der Waals surface area contributed by atoms with E-state index < -0.39 is 12.5 Å². The lowest BCUT2D eigenvalue weighted by molar-refractivity contribution is 0.0954. The third-order valence-electron chi connectivity index (χ3n) is 2.45. The van der Waals surface area contributed by atoms with Crippen molar-refractivity contribution in [1.29, 1.82) is 0 Å². The molecule has 0 aliphatic carbocycles. The number of nitrogens with one attached hydrogen (secondary N) is 1. The van der Waals surface area contributed by atoms with Crippen molar-refractivity contribution in [2.24, 2.45) is 0 Å². The molecule has 0 fully saturated rings. The molecule has 1 atom stereocenters. The van der Waals surface area contributed by atoms with Crippen LogP contribution in [-0.4, -0.2) is 13.0 Å². The number of rotatable bonds is 1. The van der Waals surface area contributed by atoms with Gasteiger partial charge in [0.1, 0.15) is 0 Å². The minimum atomic E-state index is -2.34. The fourth-order valence-electron chi connectivity index (χ4n) is 1.78. The fraction of sp³-hybridized carbons (Fsp3) is 0.400. The van der Waals surface area contributed by atoms with Crippen LogP contribution < -0.4 is 5.32 Å². The van der Waals surface area contributed by atoms with Crippen LogP contribution >= 0.6 is 15.9 Å². The molecule has 0 saturated carbocycles. The van der Waals surface area contributed by atoms with Crippen LogP contribution in [0.1, 0.15) is 17.2 Å². The van der Waals surface area contributed by atoms with Gasteiger partial charge in [0, 0.05) is 4.47 Å². The maximum absolute atomic E-state index is 12.7. The summed E-state index contributed by atoms with van der Waals surface area (Å²) in [4.78, 5) is 0. The summed E-state index contributed by atoms with van der Waals surface area (Å²) < 4.78 is 26.2. The molecular weight excluding hydrogens is 252 g/mol. The molecule has 0 radical (unpaired) electrons. The van der Waals surface area contributed by atoms with Crippen LogP contribution in [0.2, 0.25) is 0 Å². The van der Waals surface area contributed by atoms with Gasteiger partial charge in [-0.1, -0.05) is 22.0 Å². The summed E-state index contributed by atoms with van der Waals surface area (Å²) in [6.45, 7) is 0.629. The van der Waals surface area contributed by atoms with Crippen LogP contribution in [0.4, 0.5) is 8.78 Å². The van der Waals surface area contributed by atoms with Crippen molar-refractivity contribution < 1.29 is 8.78 Å². The molecule has 14 heavy (non-hydrogen) atoms. The number of fused-ring (bicyclic) bond motifs is 1. The maximum atomic E-state index is 12.7. The van der Waals surface area contributed by atoms with E-state index in [9.17, 15) is 8.78 Å². The first kappa shape index (κ1) is 10.1. The van der Waals surface area contributed by atoms with Crippen LogP contribution in [0.3, 0.4) is 0 Å². The average molecular weight is 262 g/mol. The molecule has 0 bridgehead atoms. The van der Waals surface area contributed by atoms with E-state index in [-0.39, 0.29) is 0 Å². The van der Waals surface area contributed by atoms with Crippen molar-refractivity contribution in [3.05, 3.63) is 33.8 Å². The number of benzene rings is 1. The molecule has 1 N–H and O–H groups in total. The zero-order valence-corrected chi connectivity index (χ0v) is 9.02. The van der Waals surface area contributed by atoms with Gasteiger partial charge in [-0.05, 0) is 36.2 Å². The first-order valence-electron chi connectivity index (χ1n) is 4.48. The van der Waals surface area contributed by atoms with Crippen LogP contribution in [0.25, 0.3) is 0 Å². The minimum absolute atomic E-state index is 0.629. The van der Waals surface area contributed by atoms with Crippen molar-refractivity contribution in [3.8, 4) is 0 Å². The van der Waals surface area contributed by atoms with E-state index in [4.69, 9.17) is 0 Å². The Balaban J connectivity index is 2.41. The highest BCUT2D eigenvalue weighted by atomic mass is 79.9. The zero-order valence-electron chi connectivity index (χ0n) is 7.43. The molecule has 2 rings (SSSR count). The van der Waals surface area contributed by atoms with E-state index >= 15 is 0 Å². The lowest BCUT2D eigenvalue weighted by atomic mass is 9.95. The van der Waals surface area contributed by atoms with Gasteiger partial charge in [-0.2, -0.15) is 0 Å². The van der Waals surface area contributed by atoms with Gasteiger partial charge >= 0.3 is 0 Å². The molecule has 0 aromatic heterocycles. The highest BCUT2D eigenvalue weighted by Crippen LogP contribution is 2.29. The average Bonchev–Trinajstić information content (AvgIpc) is 2.16. The van der Waals surface area contributed by atoms with Crippen molar-refractivity contribution in [3.63, 3.8) is 0 Å². The van der Waals surface area contributed by atoms with Crippen molar-refractivity contribution in [1.82, 2.24) is 5.32 Å². The lowest BCUT2D eigenvalue weighted by Crippen LogP contribution is -2.34. The molecule has 0 spiro atoms. The lowest BCUT2D eigenvalue weighted by Gasteiger charge is -2.26. The number of hydrogen-bond donors (Lipinski definition) is 1. The monoisotopic (exact) mass is 261 g/mol. The Bertz CT molecular complexity index is 341. The summed E-state index contributed by atoms with van der Waals surface area (Å²) in [6.07, 6.45) is -1.52. The molecule has 1 aromatic rings. The Labute approximate surface area is 89.6 Å². The number of hydrogen-bond acceptors (Lipinski definition) is 1. The molecule has 1 heterocycles. The Morgan fingerprint density at radius 1 is 1.43 bits per heavy atom. The fourth-order valence-corrected chi connectivity index (χ4v) is 2.16. The SMILES string of the molecule is FC(F)C1NCCc2ccc(Br)cc21. The van der Waals surface area contributed by atoms with Crippen molar-refractivity contribution >= 4 is 15.9 Å². The Morgan fingerprint density at radius 3 is 2.93 bits per heavy atom. The van der Waals surface area contributed by atoms with Crippen LogP contribution in [0, 0.1) is 0 Å². The van der Waals surface area contributed by atoms with Crippen LogP contribution in [0.15, 0.2) is 22.7 Å². The van der Waals surface area contributed by atoms with Gasteiger partial charge in [0.25, 0.3) is 6.43 Å². The summed E-state index contributed by atoms with van der Waals surface area (Å²) in [7, 11) is 0. The van der Waals surface area contributed by atoms with E-state index in [1.165, 1.54) is 0 Å². The van der Waals surface area contributed by atoms with Crippen molar-refractivity contribution in [2.45, 2.75) is 18.9 Å². The predicted molar refractivity (Wildman–Crippen MR) is 54.6 cm³/mol. The third-order valence-corrected chi connectivity index (χ3v) is 2.95. The standard InChI is InChI=1S/C10H10BrF2N/c11-7-2-1-6-3-4-14-9(10(12)13)8(6)5-7/h1-2,5,9-10,14H,3-4H2. The molecule has 76 valence electrons. The highest BCUT2D eigenvalue weighted by molar-refractivity contribution is 9.10. The van der Waals surface area contributed by atoms with Gasteiger partial charge in [0.05, 0.1) is 6.04 Å². The Kier molecular flexibility index (Phi) is 2.83. The largest absolute Gasteiger partial charge is 0.305 e. The van der Waals surface area contributed by atoms with Crippen molar-refractivity contribution in [2.75, 3.05) is 6.54 Å². The van der Waals surface area contributed by atoms with E-state index in [1.807, 2.05) is 12.1 Å². The maximum Gasteiger partial charge on any atom is 0.257 e. The van der Waals surface area contributed by atoms with E-state index in [2.05, 4.69) is 21.2 Å². The molecule has 4 heteroatoms. The number of halogens is 3. The normalized spacial score (nSPS) is 21.0. The van der Waals surface area contributed by atoms with Gasteiger partial charge in [-0.25, -0.2) is 8.78 Å². The van der Waals surface area contributed by atoms with Crippen LogP contribution in [-0.2, 0) is 6.42 Å². The minimum Gasteiger partial charge on any atom is -0.305 e. The van der Waals surface area contributed by atoms with Gasteiger partial charge < -0.3 is 5.32 Å². The first-order chi connectivity index (χ1) is 6.68. The molecule has 0 saturated heterocycles. The molecule has 1 aromatic carbocycles. The summed E-state index contributed by atoms with van der Waals surface area (Å²) in [5.74, 6) is 0. The Hall–Kier alpha value is -0.480. The smallest absolute Gasteiger partial charge is 0.257 e. The molecule has 1 aliphatic rings. The van der Waals surface area contributed by atoms with E-state index in [0.29, 0.717) is 6.54 Å². The highest BCUT2D eigenvalue weighted by Gasteiger charge is 2.27. The van der Waals surface area contributed by atoms with Gasteiger partial charge in [-0.15, -0.1) is 0 Å². The molecule has 1 nitrogen and oxygen atoms in total.